The number of pyridine rings is 1. The molecule has 0 saturated carbocycles. The van der Waals surface area contributed by atoms with Gasteiger partial charge in [0.25, 0.3) is 5.91 Å². The van der Waals surface area contributed by atoms with Crippen molar-refractivity contribution in [2.45, 2.75) is 13.3 Å². The summed E-state index contributed by atoms with van der Waals surface area (Å²) in [5.74, 6) is -0.139. The Hall–Kier alpha value is -1.40. The zero-order valence-electron chi connectivity index (χ0n) is 11.1. The van der Waals surface area contributed by atoms with Crippen molar-refractivity contribution >= 4 is 38.9 Å². The lowest BCUT2D eigenvalue weighted by molar-refractivity contribution is 0.0949. The number of carbonyl (C=O) groups excluding carboxylic acids is 1. The molecule has 0 aromatic carbocycles. The van der Waals surface area contributed by atoms with Crippen LogP contribution in [0.3, 0.4) is 0 Å². The summed E-state index contributed by atoms with van der Waals surface area (Å²) in [4.78, 5) is 17.3. The zero-order chi connectivity index (χ0) is 14.4. The first-order valence-electron chi connectivity index (χ1n) is 6.41. The molecule has 2 aromatic heterocycles. The smallest absolute Gasteiger partial charge is 0.269 e. The first kappa shape index (κ1) is 15.0. The largest absolute Gasteiger partial charge is 0.385 e. The molecule has 0 unspecified atom stereocenters. The van der Waals surface area contributed by atoms with Gasteiger partial charge in [-0.25, -0.2) is 0 Å². The number of carbonyl (C=O) groups is 1. The lowest BCUT2D eigenvalue weighted by Gasteiger charge is -2.06. The predicted octanol–water partition coefficient (Wildman–Crippen LogP) is 3.31. The average Bonchev–Trinajstić information content (AvgIpc) is 2.85. The summed E-state index contributed by atoms with van der Waals surface area (Å²) in [5, 5.41) is 6.05. The Morgan fingerprint density at radius 3 is 2.95 bits per heavy atom. The van der Waals surface area contributed by atoms with E-state index in [1.807, 2.05) is 19.1 Å². The molecule has 4 nitrogen and oxygen atoms in total. The van der Waals surface area contributed by atoms with Crippen LogP contribution < -0.4 is 10.6 Å². The van der Waals surface area contributed by atoms with Gasteiger partial charge < -0.3 is 10.6 Å². The van der Waals surface area contributed by atoms with E-state index in [4.69, 9.17) is 0 Å². The monoisotopic (exact) mass is 353 g/mol. The lowest BCUT2D eigenvalue weighted by atomic mass is 10.3. The molecule has 1 amide bonds. The maximum Gasteiger partial charge on any atom is 0.269 e. The topological polar surface area (TPSA) is 54.0 Å². The van der Waals surface area contributed by atoms with E-state index >= 15 is 0 Å². The van der Waals surface area contributed by atoms with Gasteiger partial charge in [0.2, 0.25) is 0 Å². The number of halogens is 1. The molecule has 0 spiro atoms. The van der Waals surface area contributed by atoms with Gasteiger partial charge in [0.15, 0.2) is 0 Å². The average molecular weight is 354 g/mol. The van der Waals surface area contributed by atoms with E-state index in [9.17, 15) is 4.79 Å². The third kappa shape index (κ3) is 4.31. The van der Waals surface area contributed by atoms with E-state index in [-0.39, 0.29) is 5.91 Å². The number of nitrogens with zero attached hydrogens (tertiary/aromatic N) is 1. The van der Waals surface area contributed by atoms with E-state index < -0.39 is 0 Å². The Morgan fingerprint density at radius 1 is 1.40 bits per heavy atom. The minimum absolute atomic E-state index is 0.139. The van der Waals surface area contributed by atoms with Gasteiger partial charge >= 0.3 is 0 Å². The minimum Gasteiger partial charge on any atom is -0.385 e. The molecule has 0 aliphatic rings. The second-order valence-electron chi connectivity index (χ2n) is 4.17. The summed E-state index contributed by atoms with van der Waals surface area (Å²) in [7, 11) is 0. The van der Waals surface area contributed by atoms with E-state index in [0.29, 0.717) is 12.2 Å². The van der Waals surface area contributed by atoms with Gasteiger partial charge in [-0.15, -0.1) is 11.3 Å². The normalized spacial score (nSPS) is 10.3. The van der Waals surface area contributed by atoms with Gasteiger partial charge in [-0.2, -0.15) is 0 Å². The van der Waals surface area contributed by atoms with Crippen LogP contribution in [0.5, 0.6) is 0 Å². The summed E-state index contributed by atoms with van der Waals surface area (Å²) >= 11 is 5.11. The maximum absolute atomic E-state index is 12.0. The molecular weight excluding hydrogens is 338 g/mol. The number of aromatic nitrogens is 1. The number of hydrogen-bond donors (Lipinski definition) is 2. The van der Waals surface area contributed by atoms with E-state index in [0.717, 1.165) is 22.4 Å². The van der Waals surface area contributed by atoms with Gasteiger partial charge in [-0.3, -0.25) is 9.78 Å². The van der Waals surface area contributed by atoms with Crippen molar-refractivity contribution < 1.29 is 4.79 Å². The Kier molecular flexibility index (Phi) is 5.55. The lowest BCUT2D eigenvalue weighted by Crippen LogP contribution is -2.26. The third-order valence-corrected chi connectivity index (χ3v) is 4.34. The molecular formula is C14H16BrN3OS. The number of nitrogens with one attached hydrogen (secondary N) is 2. The maximum atomic E-state index is 12.0. The fraction of sp³-hybridized carbons (Fsp3) is 0.286. The standard InChI is InChI=1S/C14H16BrN3OS/c1-2-16-10-5-7-17-12(9-10)14(19)18-8-6-11-3-4-13(15)20-11/h3-5,7,9H,2,6,8H2,1H3,(H,16,17)(H,18,19). The van der Waals surface area contributed by atoms with Gasteiger partial charge in [0.05, 0.1) is 3.79 Å². The van der Waals surface area contributed by atoms with Crippen LogP contribution in [0.4, 0.5) is 5.69 Å². The van der Waals surface area contributed by atoms with Crippen molar-refractivity contribution in [2.24, 2.45) is 0 Å². The summed E-state index contributed by atoms with van der Waals surface area (Å²) in [6, 6.07) is 7.69. The van der Waals surface area contributed by atoms with Crippen molar-refractivity contribution in [1.82, 2.24) is 10.3 Å². The van der Waals surface area contributed by atoms with Crippen LogP contribution in [-0.2, 0) is 6.42 Å². The molecule has 0 aliphatic heterocycles. The van der Waals surface area contributed by atoms with Crippen molar-refractivity contribution in [3.63, 3.8) is 0 Å². The van der Waals surface area contributed by atoms with Crippen LogP contribution in [0.25, 0.3) is 0 Å². The van der Waals surface area contributed by atoms with Crippen LogP contribution in [-0.4, -0.2) is 24.0 Å². The molecule has 0 saturated heterocycles. The quantitative estimate of drug-likeness (QED) is 0.837. The Bertz CT molecular complexity index is 585. The number of anilines is 1. The third-order valence-electron chi connectivity index (χ3n) is 2.66. The highest BCUT2D eigenvalue weighted by Gasteiger charge is 2.07. The Labute approximate surface area is 130 Å². The molecule has 20 heavy (non-hydrogen) atoms. The Balaban J connectivity index is 1.86. The number of amides is 1. The zero-order valence-corrected chi connectivity index (χ0v) is 13.6. The molecule has 2 rings (SSSR count). The van der Waals surface area contributed by atoms with Crippen molar-refractivity contribution in [3.8, 4) is 0 Å². The molecule has 106 valence electrons. The molecule has 0 atom stereocenters. The number of thiophene rings is 1. The molecule has 2 aromatic rings. The highest BCUT2D eigenvalue weighted by atomic mass is 79.9. The highest BCUT2D eigenvalue weighted by molar-refractivity contribution is 9.11. The van der Waals surface area contributed by atoms with E-state index in [1.54, 1.807) is 23.6 Å². The summed E-state index contributed by atoms with van der Waals surface area (Å²) in [6.45, 7) is 3.44. The van der Waals surface area contributed by atoms with Crippen LogP contribution in [0.15, 0.2) is 34.2 Å². The van der Waals surface area contributed by atoms with Crippen molar-refractivity contribution in [3.05, 3.63) is 44.8 Å². The van der Waals surface area contributed by atoms with Crippen LogP contribution >= 0.6 is 27.3 Å². The van der Waals surface area contributed by atoms with Gasteiger partial charge in [0.1, 0.15) is 5.69 Å². The van der Waals surface area contributed by atoms with E-state index in [1.165, 1.54) is 4.88 Å². The summed E-state index contributed by atoms with van der Waals surface area (Å²) < 4.78 is 1.11. The first-order chi connectivity index (χ1) is 9.69. The molecule has 0 fully saturated rings. The molecule has 2 heterocycles. The molecule has 6 heteroatoms. The predicted molar refractivity (Wildman–Crippen MR) is 86.5 cm³/mol. The summed E-state index contributed by atoms with van der Waals surface area (Å²) in [6.07, 6.45) is 2.47. The van der Waals surface area contributed by atoms with Crippen molar-refractivity contribution in [1.29, 1.82) is 0 Å². The summed E-state index contributed by atoms with van der Waals surface area (Å²) in [5.41, 5.74) is 1.35. The fourth-order valence-corrected chi connectivity index (χ4v) is 3.23. The van der Waals surface area contributed by atoms with E-state index in [2.05, 4.69) is 37.6 Å². The first-order valence-corrected chi connectivity index (χ1v) is 8.02. The number of hydrogen-bond acceptors (Lipinski definition) is 4. The Morgan fingerprint density at radius 2 is 2.25 bits per heavy atom. The molecule has 0 radical (unpaired) electrons. The van der Waals surface area contributed by atoms with Crippen LogP contribution in [0.1, 0.15) is 22.3 Å². The van der Waals surface area contributed by atoms with Crippen LogP contribution in [0.2, 0.25) is 0 Å². The second-order valence-corrected chi connectivity index (χ2v) is 6.72. The fourth-order valence-electron chi connectivity index (χ4n) is 1.74. The minimum atomic E-state index is -0.139. The van der Waals surface area contributed by atoms with Gasteiger partial charge in [-0.1, -0.05) is 0 Å². The van der Waals surface area contributed by atoms with Gasteiger partial charge in [-0.05, 0) is 53.5 Å². The van der Waals surface area contributed by atoms with Crippen LogP contribution in [0, 0.1) is 0 Å². The SMILES string of the molecule is CCNc1ccnc(C(=O)NCCc2ccc(Br)s2)c1. The van der Waals surface area contributed by atoms with Gasteiger partial charge in [0, 0.05) is 29.9 Å². The molecule has 2 N–H and O–H groups in total. The number of rotatable bonds is 6. The molecule has 0 aliphatic carbocycles. The van der Waals surface area contributed by atoms with Crippen molar-refractivity contribution in [2.75, 3.05) is 18.4 Å². The molecule has 0 bridgehead atoms. The second kappa shape index (κ2) is 7.40. The highest BCUT2D eigenvalue weighted by Crippen LogP contribution is 2.22.